The molecule has 1 aromatic carbocycles. The molecule has 0 aliphatic carbocycles. The first-order chi connectivity index (χ1) is 8.13. The number of benzene rings is 1. The first kappa shape index (κ1) is 12.4. The van der Waals surface area contributed by atoms with Crippen LogP contribution >= 0.6 is 15.9 Å². The fraction of sp³-hybridized carbons (Fsp3) is 0.462. The lowest BCUT2D eigenvalue weighted by molar-refractivity contribution is 0.347. The Morgan fingerprint density at radius 2 is 2.29 bits per heavy atom. The van der Waals surface area contributed by atoms with Gasteiger partial charge in [0.05, 0.1) is 12.6 Å². The average Bonchev–Trinajstić information content (AvgIpc) is 2.66. The van der Waals surface area contributed by atoms with Crippen molar-refractivity contribution in [2.24, 2.45) is 10.7 Å². The Labute approximate surface area is 111 Å². The summed E-state index contributed by atoms with van der Waals surface area (Å²) in [6.07, 6.45) is 1.08. The van der Waals surface area contributed by atoms with Gasteiger partial charge in [-0.2, -0.15) is 0 Å². The van der Waals surface area contributed by atoms with Gasteiger partial charge in [0.2, 0.25) is 0 Å². The summed E-state index contributed by atoms with van der Waals surface area (Å²) in [5, 5.41) is 0. The molecule has 1 atom stereocenters. The van der Waals surface area contributed by atoms with Crippen LogP contribution in [0.1, 0.15) is 30.5 Å². The molecule has 0 bridgehead atoms. The van der Waals surface area contributed by atoms with Crippen LogP contribution in [0.2, 0.25) is 0 Å². The molecule has 0 radical (unpaired) electrons. The Bertz CT molecular complexity index is 442. The molecule has 17 heavy (non-hydrogen) atoms. The highest BCUT2D eigenvalue weighted by atomic mass is 79.9. The van der Waals surface area contributed by atoms with Crippen molar-refractivity contribution in [2.45, 2.75) is 26.3 Å². The van der Waals surface area contributed by atoms with Crippen LogP contribution in [0.25, 0.3) is 0 Å². The lowest BCUT2D eigenvalue weighted by atomic mass is 10.0. The molecular formula is C13H18BrN3. The second-order valence-corrected chi connectivity index (χ2v) is 5.27. The molecule has 92 valence electrons. The number of hydrogen-bond acceptors (Lipinski definition) is 3. The van der Waals surface area contributed by atoms with Crippen LogP contribution in [0, 0.1) is 6.92 Å². The Hall–Kier alpha value is -1.03. The third kappa shape index (κ3) is 2.46. The van der Waals surface area contributed by atoms with E-state index in [1.165, 1.54) is 11.1 Å². The van der Waals surface area contributed by atoms with Crippen LogP contribution < -0.4 is 5.73 Å². The summed E-state index contributed by atoms with van der Waals surface area (Å²) >= 11 is 3.58. The van der Waals surface area contributed by atoms with Gasteiger partial charge in [-0.1, -0.05) is 35.0 Å². The monoisotopic (exact) mass is 295 g/mol. The Balaban J connectivity index is 2.25. The van der Waals surface area contributed by atoms with Crippen LogP contribution in [0.5, 0.6) is 0 Å². The van der Waals surface area contributed by atoms with Gasteiger partial charge in [-0.15, -0.1) is 0 Å². The zero-order valence-corrected chi connectivity index (χ0v) is 11.9. The van der Waals surface area contributed by atoms with Gasteiger partial charge in [-0.05, 0) is 30.5 Å². The van der Waals surface area contributed by atoms with Gasteiger partial charge in [0.25, 0.3) is 0 Å². The number of halogens is 1. The maximum absolute atomic E-state index is 5.92. The van der Waals surface area contributed by atoms with E-state index in [0.717, 1.165) is 24.0 Å². The Morgan fingerprint density at radius 1 is 1.53 bits per heavy atom. The Morgan fingerprint density at radius 3 is 2.94 bits per heavy atom. The molecule has 2 rings (SSSR count). The first-order valence-electron chi connectivity index (χ1n) is 5.96. The van der Waals surface area contributed by atoms with Crippen molar-refractivity contribution in [3.8, 4) is 0 Å². The average molecular weight is 296 g/mol. The van der Waals surface area contributed by atoms with Gasteiger partial charge in [-0.3, -0.25) is 4.99 Å². The summed E-state index contributed by atoms with van der Waals surface area (Å²) in [5.74, 6) is 0.675. The van der Waals surface area contributed by atoms with E-state index in [9.17, 15) is 0 Å². The molecule has 0 aromatic heterocycles. The highest BCUT2D eigenvalue weighted by Gasteiger charge is 2.26. The molecule has 1 aromatic rings. The van der Waals surface area contributed by atoms with Gasteiger partial charge in [0.1, 0.15) is 0 Å². The largest absolute Gasteiger partial charge is 0.370 e. The van der Waals surface area contributed by atoms with E-state index >= 15 is 0 Å². The van der Waals surface area contributed by atoms with Crippen LogP contribution in [0.3, 0.4) is 0 Å². The lowest BCUT2D eigenvalue weighted by Gasteiger charge is -2.26. The van der Waals surface area contributed by atoms with Gasteiger partial charge in [-0.25, -0.2) is 0 Å². The third-order valence-corrected chi connectivity index (χ3v) is 4.00. The molecule has 1 heterocycles. The number of rotatable bonds is 3. The highest BCUT2D eigenvalue weighted by Crippen LogP contribution is 2.28. The summed E-state index contributed by atoms with van der Waals surface area (Å²) in [5.41, 5.74) is 8.46. The van der Waals surface area contributed by atoms with E-state index in [2.05, 4.69) is 57.9 Å². The molecule has 0 saturated carbocycles. The van der Waals surface area contributed by atoms with Crippen molar-refractivity contribution in [2.75, 3.05) is 13.1 Å². The second-order valence-electron chi connectivity index (χ2n) is 4.42. The second kappa shape index (κ2) is 5.08. The van der Waals surface area contributed by atoms with E-state index in [-0.39, 0.29) is 0 Å². The molecule has 4 heteroatoms. The van der Waals surface area contributed by atoms with Crippen LogP contribution in [0.15, 0.2) is 27.7 Å². The van der Waals surface area contributed by atoms with Crippen molar-refractivity contribution in [1.82, 2.24) is 4.90 Å². The smallest absolute Gasteiger partial charge is 0.191 e. The topological polar surface area (TPSA) is 41.6 Å². The molecule has 1 aliphatic rings. The molecule has 0 saturated heterocycles. The van der Waals surface area contributed by atoms with Crippen molar-refractivity contribution in [3.05, 3.63) is 33.8 Å². The number of aliphatic imine (C=N–C) groups is 1. The maximum Gasteiger partial charge on any atom is 0.191 e. The van der Waals surface area contributed by atoms with Gasteiger partial charge in [0, 0.05) is 11.0 Å². The number of guanidine groups is 1. The molecule has 0 spiro atoms. The number of aryl methyl sites for hydroxylation is 1. The fourth-order valence-corrected chi connectivity index (χ4v) is 2.54. The molecule has 1 unspecified atom stereocenters. The summed E-state index contributed by atoms with van der Waals surface area (Å²) in [4.78, 5) is 6.54. The minimum atomic E-state index is 0.298. The standard InChI is InChI=1S/C13H18BrN3/c1-3-6-17-12(8-16-13(17)15)10-5-4-9(2)11(14)7-10/h4-5,7,12H,3,6,8H2,1-2H3,(H2,15,16). The SMILES string of the molecule is CCCN1C(N)=NCC1c1ccc(C)c(Br)c1. The van der Waals surface area contributed by atoms with Crippen molar-refractivity contribution in [1.29, 1.82) is 0 Å². The Kier molecular flexibility index (Phi) is 3.72. The zero-order chi connectivity index (χ0) is 12.4. The third-order valence-electron chi connectivity index (χ3n) is 3.14. The van der Waals surface area contributed by atoms with Crippen LogP contribution in [-0.2, 0) is 0 Å². The molecule has 1 aliphatic heterocycles. The van der Waals surface area contributed by atoms with Gasteiger partial charge >= 0.3 is 0 Å². The van der Waals surface area contributed by atoms with Crippen molar-refractivity contribution in [3.63, 3.8) is 0 Å². The molecule has 3 nitrogen and oxygen atoms in total. The molecular weight excluding hydrogens is 278 g/mol. The number of nitrogens with zero attached hydrogens (tertiary/aromatic N) is 2. The fourth-order valence-electron chi connectivity index (χ4n) is 2.14. The molecule has 0 amide bonds. The predicted octanol–water partition coefficient (Wildman–Crippen LogP) is 2.84. The normalized spacial score (nSPS) is 19.6. The number of nitrogens with two attached hydrogens (primary N) is 1. The van der Waals surface area contributed by atoms with Crippen molar-refractivity contribution >= 4 is 21.9 Å². The molecule has 0 fully saturated rings. The lowest BCUT2D eigenvalue weighted by Crippen LogP contribution is -2.36. The summed E-state index contributed by atoms with van der Waals surface area (Å²) < 4.78 is 1.15. The van der Waals surface area contributed by atoms with E-state index < -0.39 is 0 Å². The van der Waals surface area contributed by atoms with Crippen LogP contribution in [0.4, 0.5) is 0 Å². The first-order valence-corrected chi connectivity index (χ1v) is 6.75. The van der Waals surface area contributed by atoms with E-state index in [1.807, 2.05) is 0 Å². The predicted molar refractivity (Wildman–Crippen MR) is 75.1 cm³/mol. The quantitative estimate of drug-likeness (QED) is 0.932. The summed E-state index contributed by atoms with van der Waals surface area (Å²) in [6, 6.07) is 6.78. The van der Waals surface area contributed by atoms with E-state index in [1.54, 1.807) is 0 Å². The van der Waals surface area contributed by atoms with Crippen molar-refractivity contribution < 1.29 is 0 Å². The van der Waals surface area contributed by atoms with Crippen LogP contribution in [-0.4, -0.2) is 23.9 Å². The number of hydrogen-bond donors (Lipinski definition) is 1. The molecule has 2 N–H and O–H groups in total. The van der Waals surface area contributed by atoms with Gasteiger partial charge in [0.15, 0.2) is 5.96 Å². The van der Waals surface area contributed by atoms with E-state index in [4.69, 9.17) is 5.73 Å². The summed E-state index contributed by atoms with van der Waals surface area (Å²) in [7, 11) is 0. The van der Waals surface area contributed by atoms with E-state index in [0.29, 0.717) is 12.0 Å². The minimum Gasteiger partial charge on any atom is -0.370 e. The minimum absolute atomic E-state index is 0.298. The maximum atomic E-state index is 5.92. The zero-order valence-electron chi connectivity index (χ0n) is 10.3. The highest BCUT2D eigenvalue weighted by molar-refractivity contribution is 9.10. The summed E-state index contributed by atoms with van der Waals surface area (Å²) in [6.45, 7) is 5.98. The van der Waals surface area contributed by atoms with Gasteiger partial charge < -0.3 is 10.6 Å².